The van der Waals surface area contributed by atoms with Crippen LogP contribution in [0.2, 0.25) is 0 Å². The molecule has 0 atom stereocenters. The largest absolute Gasteiger partial charge is 0.423 e. The molecule has 3 aromatic rings. The molecule has 0 saturated carbocycles. The number of hydrogen-bond acceptors (Lipinski definition) is 5. The fourth-order valence-electron chi connectivity index (χ4n) is 4.17. The second-order valence-corrected chi connectivity index (χ2v) is 8.97. The molecular weight excluding hydrogens is 402 g/mol. The van der Waals surface area contributed by atoms with Crippen LogP contribution in [0, 0.1) is 6.92 Å². The molecule has 2 aromatic carbocycles. The van der Waals surface area contributed by atoms with Crippen LogP contribution in [0.15, 0.2) is 57.7 Å². The van der Waals surface area contributed by atoms with Crippen LogP contribution < -0.4 is 10.9 Å². The summed E-state index contributed by atoms with van der Waals surface area (Å²) in [6.45, 7) is 10.7. The maximum atomic E-state index is 12.5. The number of piperazine rings is 1. The van der Waals surface area contributed by atoms with E-state index in [1.54, 1.807) is 6.07 Å². The third-order valence-corrected chi connectivity index (χ3v) is 6.07. The van der Waals surface area contributed by atoms with E-state index in [2.05, 4.69) is 41.1 Å². The molecular formula is C26H31N3O3. The molecule has 0 unspecified atom stereocenters. The van der Waals surface area contributed by atoms with Crippen molar-refractivity contribution in [2.75, 3.05) is 38.0 Å². The average Bonchev–Trinajstić information content (AvgIpc) is 2.75. The number of fused-ring (bicyclic) bond motifs is 1. The van der Waals surface area contributed by atoms with Crippen LogP contribution in [0.25, 0.3) is 11.0 Å². The van der Waals surface area contributed by atoms with Gasteiger partial charge in [-0.05, 0) is 47.7 Å². The molecule has 2 heterocycles. The molecule has 0 spiro atoms. The molecule has 1 aliphatic rings. The number of anilines is 1. The van der Waals surface area contributed by atoms with E-state index < -0.39 is 0 Å². The van der Waals surface area contributed by atoms with Crippen molar-refractivity contribution in [3.8, 4) is 0 Å². The van der Waals surface area contributed by atoms with Crippen molar-refractivity contribution >= 4 is 22.6 Å². The first-order valence-electron chi connectivity index (χ1n) is 11.3. The molecule has 6 heteroatoms. The first kappa shape index (κ1) is 22.2. The summed E-state index contributed by atoms with van der Waals surface area (Å²) in [5.41, 5.74) is 4.49. The van der Waals surface area contributed by atoms with Gasteiger partial charge >= 0.3 is 5.63 Å². The van der Waals surface area contributed by atoms with Crippen LogP contribution in [0.3, 0.4) is 0 Å². The smallest absolute Gasteiger partial charge is 0.336 e. The summed E-state index contributed by atoms with van der Waals surface area (Å²) < 4.78 is 5.37. The Kier molecular flexibility index (Phi) is 6.72. The zero-order valence-electron chi connectivity index (χ0n) is 19.1. The number of carbonyl (C=O) groups is 1. The predicted octanol–water partition coefficient (Wildman–Crippen LogP) is 3.98. The number of nitrogens with zero attached hydrogens (tertiary/aromatic N) is 2. The van der Waals surface area contributed by atoms with E-state index >= 15 is 0 Å². The highest BCUT2D eigenvalue weighted by Gasteiger charge is 2.20. The Morgan fingerprint density at radius 1 is 1.00 bits per heavy atom. The third kappa shape index (κ3) is 5.44. The summed E-state index contributed by atoms with van der Waals surface area (Å²) >= 11 is 0. The number of hydrogen-bond donors (Lipinski definition) is 1. The van der Waals surface area contributed by atoms with Crippen LogP contribution in [-0.4, -0.2) is 48.4 Å². The van der Waals surface area contributed by atoms with Crippen LogP contribution in [0.1, 0.15) is 36.5 Å². The van der Waals surface area contributed by atoms with Gasteiger partial charge < -0.3 is 9.73 Å². The van der Waals surface area contributed by atoms with Gasteiger partial charge in [0.1, 0.15) is 5.58 Å². The predicted molar refractivity (Wildman–Crippen MR) is 128 cm³/mol. The highest BCUT2D eigenvalue weighted by atomic mass is 16.4. The van der Waals surface area contributed by atoms with Crippen molar-refractivity contribution in [2.45, 2.75) is 33.2 Å². The Bertz CT molecular complexity index is 1140. The lowest BCUT2D eigenvalue weighted by Gasteiger charge is -2.34. The van der Waals surface area contributed by atoms with Crippen molar-refractivity contribution < 1.29 is 9.21 Å². The first-order valence-corrected chi connectivity index (χ1v) is 11.3. The molecule has 168 valence electrons. The van der Waals surface area contributed by atoms with Crippen LogP contribution >= 0.6 is 0 Å². The minimum Gasteiger partial charge on any atom is -0.423 e. The molecule has 32 heavy (non-hydrogen) atoms. The maximum absolute atomic E-state index is 12.5. The molecule has 0 aliphatic carbocycles. The number of rotatable bonds is 6. The van der Waals surface area contributed by atoms with Crippen molar-refractivity contribution in [3.05, 3.63) is 75.6 Å². The van der Waals surface area contributed by atoms with E-state index in [0.717, 1.165) is 48.4 Å². The quantitative estimate of drug-likeness (QED) is 0.596. The molecule has 6 nitrogen and oxygen atoms in total. The van der Waals surface area contributed by atoms with Gasteiger partial charge in [0, 0.05) is 49.9 Å². The molecule has 1 amide bonds. The summed E-state index contributed by atoms with van der Waals surface area (Å²) in [6.07, 6.45) is 0. The first-order chi connectivity index (χ1) is 15.4. The highest BCUT2D eigenvalue weighted by molar-refractivity contribution is 5.92. The van der Waals surface area contributed by atoms with E-state index in [-0.39, 0.29) is 11.5 Å². The van der Waals surface area contributed by atoms with Crippen LogP contribution in [-0.2, 0) is 11.3 Å². The van der Waals surface area contributed by atoms with Gasteiger partial charge in [-0.15, -0.1) is 0 Å². The molecule has 1 aromatic heterocycles. The maximum Gasteiger partial charge on any atom is 0.336 e. The summed E-state index contributed by atoms with van der Waals surface area (Å²) in [5.74, 6) is 0.487. The Balaban J connectivity index is 1.30. The minimum absolute atomic E-state index is 0.0118. The topological polar surface area (TPSA) is 65.8 Å². The molecule has 0 bridgehead atoms. The van der Waals surface area contributed by atoms with E-state index in [1.165, 1.54) is 5.56 Å². The lowest BCUT2D eigenvalue weighted by Crippen LogP contribution is -2.48. The summed E-state index contributed by atoms with van der Waals surface area (Å²) in [7, 11) is 0. The van der Waals surface area contributed by atoms with E-state index in [0.29, 0.717) is 24.6 Å². The second kappa shape index (κ2) is 9.67. The van der Waals surface area contributed by atoms with Gasteiger partial charge in [-0.1, -0.05) is 38.1 Å². The Hall–Kier alpha value is -2.96. The molecule has 1 fully saturated rings. The Morgan fingerprint density at radius 3 is 2.38 bits per heavy atom. The number of carbonyl (C=O) groups excluding carboxylic acids is 1. The summed E-state index contributed by atoms with van der Waals surface area (Å²) in [5, 5.41) is 3.98. The fourth-order valence-corrected chi connectivity index (χ4v) is 4.17. The third-order valence-electron chi connectivity index (χ3n) is 6.07. The van der Waals surface area contributed by atoms with Crippen molar-refractivity contribution in [1.29, 1.82) is 0 Å². The van der Waals surface area contributed by atoms with E-state index in [9.17, 15) is 9.59 Å². The number of benzene rings is 2. The average molecular weight is 434 g/mol. The standard InChI is InChI=1S/C26H31N3O3/c1-18(2)20-5-7-22(8-6-20)27-25(30)17-29-12-10-28(11-13-29)16-21-15-26(31)32-24-14-19(3)4-9-23(21)24/h4-9,14-15,18H,10-13,16-17H2,1-3H3,(H,27,30). The molecule has 1 aliphatic heterocycles. The van der Waals surface area contributed by atoms with Gasteiger partial charge in [0.15, 0.2) is 0 Å². The molecule has 1 saturated heterocycles. The van der Waals surface area contributed by atoms with Crippen molar-refractivity contribution in [3.63, 3.8) is 0 Å². The second-order valence-electron chi connectivity index (χ2n) is 8.97. The Labute approximate surface area is 188 Å². The lowest BCUT2D eigenvalue weighted by atomic mass is 10.0. The highest BCUT2D eigenvalue weighted by Crippen LogP contribution is 2.21. The van der Waals surface area contributed by atoms with Gasteiger partial charge in [0.2, 0.25) is 5.91 Å². The lowest BCUT2D eigenvalue weighted by molar-refractivity contribution is -0.117. The minimum atomic E-state index is -0.310. The normalized spacial score (nSPS) is 15.4. The molecule has 0 radical (unpaired) electrons. The fraction of sp³-hybridized carbons (Fsp3) is 0.385. The molecule has 1 N–H and O–H groups in total. The van der Waals surface area contributed by atoms with Crippen LogP contribution in [0.4, 0.5) is 5.69 Å². The zero-order chi connectivity index (χ0) is 22.7. The number of amides is 1. The SMILES string of the molecule is Cc1ccc2c(CN3CCN(CC(=O)Nc4ccc(C(C)C)cc4)CC3)cc(=O)oc2c1. The Morgan fingerprint density at radius 2 is 1.69 bits per heavy atom. The van der Waals surface area contributed by atoms with E-state index in [4.69, 9.17) is 4.42 Å². The van der Waals surface area contributed by atoms with Gasteiger partial charge in [-0.2, -0.15) is 0 Å². The monoisotopic (exact) mass is 433 g/mol. The molecule has 4 rings (SSSR count). The number of nitrogens with one attached hydrogen (secondary N) is 1. The van der Waals surface area contributed by atoms with Crippen molar-refractivity contribution in [2.24, 2.45) is 0 Å². The van der Waals surface area contributed by atoms with Gasteiger partial charge in [0.25, 0.3) is 0 Å². The van der Waals surface area contributed by atoms with Gasteiger partial charge in [0.05, 0.1) is 6.54 Å². The summed E-state index contributed by atoms with van der Waals surface area (Å²) in [4.78, 5) is 29.0. The van der Waals surface area contributed by atoms with E-state index in [1.807, 2.05) is 37.3 Å². The number of aryl methyl sites for hydroxylation is 1. The zero-order valence-corrected chi connectivity index (χ0v) is 19.1. The van der Waals surface area contributed by atoms with Crippen molar-refractivity contribution in [1.82, 2.24) is 9.80 Å². The van der Waals surface area contributed by atoms with Crippen LogP contribution in [0.5, 0.6) is 0 Å². The van der Waals surface area contributed by atoms with Gasteiger partial charge in [-0.3, -0.25) is 14.6 Å². The van der Waals surface area contributed by atoms with Gasteiger partial charge in [-0.25, -0.2) is 4.79 Å². The summed E-state index contributed by atoms with van der Waals surface area (Å²) in [6, 6.07) is 15.6.